The summed E-state index contributed by atoms with van der Waals surface area (Å²) in [6.45, 7) is 0.210. The molecule has 0 saturated heterocycles. The highest BCUT2D eigenvalue weighted by Crippen LogP contribution is 2.34. The molecule has 0 spiro atoms. The molecule has 0 amide bonds. The van der Waals surface area contributed by atoms with Crippen LogP contribution in [0.5, 0.6) is 11.5 Å². The molecule has 1 N–H and O–H groups in total. The van der Waals surface area contributed by atoms with Crippen LogP contribution >= 0.6 is 0 Å². The topological polar surface area (TPSA) is 87.5 Å². The standard InChI is InChI=1S/C9H9N3O3/c10-12-11-4-7(13)6-1-2-8-9(3-6)15-5-14-8/h1-3,7,13H,4-5H2/t7-/m0/s1. The molecular weight excluding hydrogens is 198 g/mol. The lowest BCUT2D eigenvalue weighted by atomic mass is 10.1. The van der Waals surface area contributed by atoms with E-state index in [1.807, 2.05) is 0 Å². The Morgan fingerprint density at radius 1 is 1.47 bits per heavy atom. The van der Waals surface area contributed by atoms with Crippen LogP contribution in [0.1, 0.15) is 11.7 Å². The van der Waals surface area contributed by atoms with Crippen molar-refractivity contribution in [3.63, 3.8) is 0 Å². The van der Waals surface area contributed by atoms with Crippen LogP contribution in [0.15, 0.2) is 23.3 Å². The van der Waals surface area contributed by atoms with Crippen molar-refractivity contribution >= 4 is 0 Å². The Kier molecular flexibility index (Phi) is 2.62. The molecule has 6 heteroatoms. The predicted octanol–water partition coefficient (Wildman–Crippen LogP) is 1.76. The SMILES string of the molecule is [N-]=[N+]=NC[C@H](O)c1ccc2c(c1)OCO2. The summed E-state index contributed by atoms with van der Waals surface area (Å²) in [5.41, 5.74) is 8.76. The molecule has 0 fully saturated rings. The summed E-state index contributed by atoms with van der Waals surface area (Å²) in [4.78, 5) is 2.58. The van der Waals surface area contributed by atoms with Crippen LogP contribution in [0, 0.1) is 0 Å². The Morgan fingerprint density at radius 3 is 3.07 bits per heavy atom. The minimum atomic E-state index is -0.810. The highest BCUT2D eigenvalue weighted by atomic mass is 16.7. The van der Waals surface area contributed by atoms with Gasteiger partial charge in [0.15, 0.2) is 11.5 Å². The second-order valence-electron chi connectivity index (χ2n) is 3.04. The van der Waals surface area contributed by atoms with Crippen molar-refractivity contribution in [1.29, 1.82) is 0 Å². The van der Waals surface area contributed by atoms with Crippen LogP contribution in [0.3, 0.4) is 0 Å². The third-order valence-corrected chi connectivity index (χ3v) is 2.10. The lowest BCUT2D eigenvalue weighted by Gasteiger charge is -2.07. The van der Waals surface area contributed by atoms with Gasteiger partial charge in [-0.15, -0.1) is 0 Å². The van der Waals surface area contributed by atoms with Gasteiger partial charge >= 0.3 is 0 Å². The monoisotopic (exact) mass is 207 g/mol. The average molecular weight is 207 g/mol. The van der Waals surface area contributed by atoms with E-state index in [1.54, 1.807) is 18.2 Å². The number of aliphatic hydroxyl groups is 1. The Balaban J connectivity index is 2.18. The average Bonchev–Trinajstić information content (AvgIpc) is 2.72. The van der Waals surface area contributed by atoms with E-state index >= 15 is 0 Å². The largest absolute Gasteiger partial charge is 0.454 e. The van der Waals surface area contributed by atoms with E-state index in [0.29, 0.717) is 17.1 Å². The highest BCUT2D eigenvalue weighted by Gasteiger charge is 2.15. The van der Waals surface area contributed by atoms with Gasteiger partial charge < -0.3 is 14.6 Å². The van der Waals surface area contributed by atoms with Crippen molar-refractivity contribution in [3.8, 4) is 11.5 Å². The maximum absolute atomic E-state index is 9.62. The molecule has 1 aromatic rings. The summed E-state index contributed by atoms with van der Waals surface area (Å²) in [6, 6.07) is 5.11. The first kappa shape index (κ1) is 9.64. The van der Waals surface area contributed by atoms with Crippen LogP contribution < -0.4 is 9.47 Å². The summed E-state index contributed by atoms with van der Waals surface area (Å²) in [7, 11) is 0. The number of rotatable bonds is 3. The molecule has 1 aromatic carbocycles. The molecule has 2 rings (SSSR count). The first-order chi connectivity index (χ1) is 7.31. The number of azide groups is 1. The highest BCUT2D eigenvalue weighted by molar-refractivity contribution is 5.45. The van der Waals surface area contributed by atoms with Crippen LogP contribution in [0.25, 0.3) is 10.4 Å². The minimum Gasteiger partial charge on any atom is -0.454 e. The van der Waals surface area contributed by atoms with Gasteiger partial charge in [-0.05, 0) is 23.2 Å². The van der Waals surface area contributed by atoms with Gasteiger partial charge in [0, 0.05) is 4.91 Å². The summed E-state index contributed by atoms with van der Waals surface area (Å²) >= 11 is 0. The quantitative estimate of drug-likeness (QED) is 0.465. The second-order valence-corrected chi connectivity index (χ2v) is 3.04. The van der Waals surface area contributed by atoms with Crippen molar-refractivity contribution in [2.24, 2.45) is 5.11 Å². The molecule has 1 heterocycles. The van der Waals surface area contributed by atoms with Crippen molar-refractivity contribution in [2.45, 2.75) is 6.10 Å². The lowest BCUT2D eigenvalue weighted by Crippen LogP contribution is -2.00. The fourth-order valence-corrected chi connectivity index (χ4v) is 1.34. The van der Waals surface area contributed by atoms with Gasteiger partial charge in [-0.1, -0.05) is 11.2 Å². The second kappa shape index (κ2) is 4.08. The number of hydrogen-bond donors (Lipinski definition) is 1. The number of aliphatic hydroxyl groups excluding tert-OH is 1. The van der Waals surface area contributed by atoms with E-state index in [4.69, 9.17) is 15.0 Å². The van der Waals surface area contributed by atoms with E-state index < -0.39 is 6.10 Å². The van der Waals surface area contributed by atoms with Gasteiger partial charge in [0.1, 0.15) is 0 Å². The van der Waals surface area contributed by atoms with Gasteiger partial charge in [0.25, 0.3) is 0 Å². The number of nitrogens with zero attached hydrogens (tertiary/aromatic N) is 3. The zero-order valence-electron chi connectivity index (χ0n) is 7.83. The fraction of sp³-hybridized carbons (Fsp3) is 0.333. The minimum absolute atomic E-state index is 0.0101. The Hall–Kier alpha value is -1.91. The fourth-order valence-electron chi connectivity index (χ4n) is 1.34. The summed E-state index contributed by atoms with van der Waals surface area (Å²) in [5, 5.41) is 12.9. The van der Waals surface area contributed by atoms with E-state index in [2.05, 4.69) is 10.0 Å². The molecule has 6 nitrogen and oxygen atoms in total. The molecule has 0 bridgehead atoms. The maximum atomic E-state index is 9.62. The molecule has 0 aromatic heterocycles. The molecule has 15 heavy (non-hydrogen) atoms. The molecule has 1 atom stereocenters. The molecule has 1 aliphatic rings. The Bertz CT molecular complexity index is 415. The number of ether oxygens (including phenoxy) is 2. The molecule has 0 unspecified atom stereocenters. The lowest BCUT2D eigenvalue weighted by molar-refractivity contribution is 0.172. The van der Waals surface area contributed by atoms with Crippen LogP contribution in [-0.4, -0.2) is 18.4 Å². The van der Waals surface area contributed by atoms with E-state index in [9.17, 15) is 5.11 Å². The summed E-state index contributed by atoms with van der Waals surface area (Å²) in [6.07, 6.45) is -0.810. The number of hydrogen-bond acceptors (Lipinski definition) is 4. The molecular formula is C9H9N3O3. The Labute approximate surface area is 85.7 Å². The third-order valence-electron chi connectivity index (χ3n) is 2.10. The van der Waals surface area contributed by atoms with Gasteiger partial charge in [-0.25, -0.2) is 0 Å². The molecule has 0 radical (unpaired) electrons. The first-order valence-electron chi connectivity index (χ1n) is 4.39. The maximum Gasteiger partial charge on any atom is 0.231 e. The normalized spacial score (nSPS) is 14.5. The number of fused-ring (bicyclic) bond motifs is 1. The zero-order valence-corrected chi connectivity index (χ0v) is 7.83. The van der Waals surface area contributed by atoms with Gasteiger partial charge in [-0.3, -0.25) is 0 Å². The van der Waals surface area contributed by atoms with Gasteiger partial charge in [0.05, 0.1) is 12.6 Å². The summed E-state index contributed by atoms with van der Waals surface area (Å²) in [5.74, 6) is 1.27. The van der Waals surface area contributed by atoms with Crippen molar-refractivity contribution in [2.75, 3.05) is 13.3 Å². The third kappa shape index (κ3) is 1.96. The first-order valence-corrected chi connectivity index (χ1v) is 4.39. The van der Waals surface area contributed by atoms with E-state index in [1.165, 1.54) is 0 Å². The molecule has 78 valence electrons. The van der Waals surface area contributed by atoms with Crippen LogP contribution in [0.4, 0.5) is 0 Å². The van der Waals surface area contributed by atoms with Gasteiger partial charge in [0.2, 0.25) is 6.79 Å². The van der Waals surface area contributed by atoms with E-state index in [0.717, 1.165) is 0 Å². The summed E-state index contributed by atoms with van der Waals surface area (Å²) < 4.78 is 10.3. The van der Waals surface area contributed by atoms with Crippen molar-refractivity contribution in [1.82, 2.24) is 0 Å². The van der Waals surface area contributed by atoms with Crippen molar-refractivity contribution in [3.05, 3.63) is 34.2 Å². The predicted molar refractivity (Wildman–Crippen MR) is 51.5 cm³/mol. The van der Waals surface area contributed by atoms with E-state index in [-0.39, 0.29) is 13.3 Å². The van der Waals surface area contributed by atoms with Crippen molar-refractivity contribution < 1.29 is 14.6 Å². The van der Waals surface area contributed by atoms with Crippen LogP contribution in [-0.2, 0) is 0 Å². The molecule has 1 aliphatic heterocycles. The smallest absolute Gasteiger partial charge is 0.231 e. The molecule has 0 saturated carbocycles. The van der Waals surface area contributed by atoms with Crippen LogP contribution in [0.2, 0.25) is 0 Å². The Morgan fingerprint density at radius 2 is 2.27 bits per heavy atom. The zero-order chi connectivity index (χ0) is 10.7. The van der Waals surface area contributed by atoms with Gasteiger partial charge in [-0.2, -0.15) is 0 Å². The number of benzene rings is 1. The molecule has 0 aliphatic carbocycles.